The van der Waals surface area contributed by atoms with Crippen molar-refractivity contribution in [1.29, 1.82) is 0 Å². The maximum atomic E-state index is 12.0. The molecule has 2 rings (SSSR count). The largest absolute Gasteiger partial charge is 0.325 e. The van der Waals surface area contributed by atoms with Gasteiger partial charge >= 0.3 is 0 Å². The summed E-state index contributed by atoms with van der Waals surface area (Å²) in [6.45, 7) is 7.40. The molecular weight excluding hydrogens is 306 g/mol. The number of nitrogens with one attached hydrogen (secondary N) is 2. The summed E-state index contributed by atoms with van der Waals surface area (Å²) >= 11 is 3.42. The topological polar surface area (TPSA) is 44.4 Å². The molecule has 0 spiro atoms. The first-order valence-corrected chi connectivity index (χ1v) is 7.35. The van der Waals surface area contributed by atoms with Crippen LogP contribution in [0.25, 0.3) is 0 Å². The van der Waals surface area contributed by atoms with Gasteiger partial charge in [-0.25, -0.2) is 0 Å². The molecule has 0 unspecified atom stereocenters. The molecule has 1 fully saturated rings. The van der Waals surface area contributed by atoms with Crippen molar-refractivity contribution >= 4 is 27.5 Å². The Morgan fingerprint density at radius 1 is 1.58 bits per heavy atom. The van der Waals surface area contributed by atoms with Crippen molar-refractivity contribution in [2.24, 2.45) is 0 Å². The Bertz CT molecular complexity index is 464. The first-order valence-electron chi connectivity index (χ1n) is 6.56. The van der Waals surface area contributed by atoms with Crippen molar-refractivity contribution < 1.29 is 4.79 Å². The molecule has 1 aromatic carbocycles. The number of aryl methyl sites for hydroxylation is 1. The van der Waals surface area contributed by atoms with Gasteiger partial charge in [-0.3, -0.25) is 9.69 Å². The summed E-state index contributed by atoms with van der Waals surface area (Å²) in [5.41, 5.74) is 1.95. The summed E-state index contributed by atoms with van der Waals surface area (Å²) in [5.74, 6) is 0.0551. The minimum atomic E-state index is 0.0551. The molecule has 19 heavy (non-hydrogen) atoms. The van der Waals surface area contributed by atoms with Crippen molar-refractivity contribution in [1.82, 2.24) is 10.2 Å². The van der Waals surface area contributed by atoms with Gasteiger partial charge in [0.25, 0.3) is 0 Å². The smallest absolute Gasteiger partial charge is 0.238 e. The second-order valence-corrected chi connectivity index (χ2v) is 6.01. The van der Waals surface area contributed by atoms with Crippen molar-refractivity contribution in [3.05, 3.63) is 28.2 Å². The number of anilines is 1. The number of benzene rings is 1. The normalized spacial score (nSPS) is 20.3. The lowest BCUT2D eigenvalue weighted by Gasteiger charge is -2.31. The van der Waals surface area contributed by atoms with Crippen LogP contribution < -0.4 is 10.6 Å². The highest BCUT2D eigenvalue weighted by atomic mass is 79.9. The highest BCUT2D eigenvalue weighted by molar-refractivity contribution is 9.10. The van der Waals surface area contributed by atoms with Crippen LogP contribution in [-0.2, 0) is 4.79 Å². The molecule has 0 aliphatic carbocycles. The van der Waals surface area contributed by atoms with Crippen molar-refractivity contribution in [2.45, 2.75) is 19.9 Å². The minimum absolute atomic E-state index is 0.0551. The zero-order valence-electron chi connectivity index (χ0n) is 11.4. The molecular formula is C14H20BrN3O. The molecule has 1 heterocycles. The van der Waals surface area contributed by atoms with Gasteiger partial charge < -0.3 is 10.6 Å². The van der Waals surface area contributed by atoms with Gasteiger partial charge in [-0.05, 0) is 37.6 Å². The SMILES string of the molecule is Cc1cc(Br)ccc1NC(=O)CN1CCN[C@@H](C)C1. The summed E-state index contributed by atoms with van der Waals surface area (Å²) in [6, 6.07) is 6.33. The van der Waals surface area contributed by atoms with Crippen LogP contribution in [-0.4, -0.2) is 43.0 Å². The van der Waals surface area contributed by atoms with Crippen molar-refractivity contribution in [3.8, 4) is 0 Å². The average Bonchev–Trinajstić information content (AvgIpc) is 2.33. The van der Waals surface area contributed by atoms with E-state index in [9.17, 15) is 4.79 Å². The molecule has 1 aliphatic rings. The fourth-order valence-corrected chi connectivity index (χ4v) is 2.79. The standard InChI is InChI=1S/C14H20BrN3O/c1-10-7-12(15)3-4-13(10)17-14(19)9-18-6-5-16-11(2)8-18/h3-4,7,11,16H,5-6,8-9H2,1-2H3,(H,17,19)/t11-/m0/s1. The second-order valence-electron chi connectivity index (χ2n) is 5.10. The zero-order valence-corrected chi connectivity index (χ0v) is 13.0. The van der Waals surface area contributed by atoms with Crippen LogP contribution in [0.1, 0.15) is 12.5 Å². The van der Waals surface area contributed by atoms with Gasteiger partial charge in [0.05, 0.1) is 6.54 Å². The molecule has 0 saturated carbocycles. The van der Waals surface area contributed by atoms with E-state index >= 15 is 0 Å². The molecule has 4 nitrogen and oxygen atoms in total. The van der Waals surface area contributed by atoms with E-state index in [-0.39, 0.29) is 5.91 Å². The van der Waals surface area contributed by atoms with Crippen LogP contribution in [0.15, 0.2) is 22.7 Å². The lowest BCUT2D eigenvalue weighted by atomic mass is 10.2. The number of hydrogen-bond donors (Lipinski definition) is 2. The van der Waals surface area contributed by atoms with Crippen LogP contribution in [0.5, 0.6) is 0 Å². The first kappa shape index (κ1) is 14.5. The van der Waals surface area contributed by atoms with Crippen LogP contribution >= 0.6 is 15.9 Å². The Morgan fingerprint density at radius 2 is 2.37 bits per heavy atom. The van der Waals surface area contributed by atoms with Crippen LogP contribution in [0.4, 0.5) is 5.69 Å². The monoisotopic (exact) mass is 325 g/mol. The molecule has 1 saturated heterocycles. The molecule has 5 heteroatoms. The third-order valence-electron chi connectivity index (χ3n) is 3.28. The molecule has 0 radical (unpaired) electrons. The average molecular weight is 326 g/mol. The maximum Gasteiger partial charge on any atom is 0.238 e. The van der Waals surface area contributed by atoms with Crippen LogP contribution in [0, 0.1) is 6.92 Å². The summed E-state index contributed by atoms with van der Waals surface area (Å²) in [7, 11) is 0. The second kappa shape index (κ2) is 6.50. The number of nitrogens with zero attached hydrogens (tertiary/aromatic N) is 1. The predicted molar refractivity (Wildman–Crippen MR) is 81.4 cm³/mol. The van der Waals surface area contributed by atoms with Crippen LogP contribution in [0.2, 0.25) is 0 Å². The molecule has 0 bridgehead atoms. The zero-order chi connectivity index (χ0) is 13.8. The Hall–Kier alpha value is -0.910. The third kappa shape index (κ3) is 4.30. The fraction of sp³-hybridized carbons (Fsp3) is 0.500. The number of carbonyl (C=O) groups excluding carboxylic acids is 1. The Balaban J connectivity index is 1.90. The van der Waals surface area contributed by atoms with Crippen molar-refractivity contribution in [2.75, 3.05) is 31.5 Å². The molecule has 2 N–H and O–H groups in total. The highest BCUT2D eigenvalue weighted by Gasteiger charge is 2.18. The molecule has 1 aromatic rings. The number of piperazine rings is 1. The lowest BCUT2D eigenvalue weighted by Crippen LogP contribution is -2.51. The quantitative estimate of drug-likeness (QED) is 0.893. The van der Waals surface area contributed by atoms with Gasteiger partial charge in [0.2, 0.25) is 5.91 Å². The van der Waals surface area contributed by atoms with E-state index in [0.29, 0.717) is 12.6 Å². The molecule has 1 atom stereocenters. The van der Waals surface area contributed by atoms with Crippen LogP contribution in [0.3, 0.4) is 0 Å². The summed E-state index contributed by atoms with van der Waals surface area (Å²) < 4.78 is 1.03. The third-order valence-corrected chi connectivity index (χ3v) is 3.78. The Labute approximate surface area is 122 Å². The van der Waals surface area contributed by atoms with E-state index < -0.39 is 0 Å². The molecule has 0 aromatic heterocycles. The molecule has 1 amide bonds. The van der Waals surface area contributed by atoms with Crippen molar-refractivity contribution in [3.63, 3.8) is 0 Å². The van der Waals surface area contributed by atoms with E-state index in [1.54, 1.807) is 0 Å². The molecule has 104 valence electrons. The van der Waals surface area contributed by atoms with Gasteiger partial charge in [0.15, 0.2) is 0 Å². The van der Waals surface area contributed by atoms with E-state index in [1.807, 2.05) is 25.1 Å². The van der Waals surface area contributed by atoms with E-state index in [1.165, 1.54) is 0 Å². The van der Waals surface area contributed by atoms with Gasteiger partial charge in [0, 0.05) is 35.8 Å². The molecule has 1 aliphatic heterocycles. The number of amides is 1. The first-order chi connectivity index (χ1) is 9.04. The maximum absolute atomic E-state index is 12.0. The van der Waals surface area contributed by atoms with E-state index in [2.05, 4.69) is 38.4 Å². The minimum Gasteiger partial charge on any atom is -0.325 e. The summed E-state index contributed by atoms with van der Waals surface area (Å²) in [6.07, 6.45) is 0. The number of rotatable bonds is 3. The van der Waals surface area contributed by atoms with E-state index in [4.69, 9.17) is 0 Å². The number of carbonyl (C=O) groups is 1. The summed E-state index contributed by atoms with van der Waals surface area (Å²) in [5, 5.41) is 6.35. The Kier molecular flexibility index (Phi) is 4.96. The van der Waals surface area contributed by atoms with E-state index in [0.717, 1.165) is 35.4 Å². The number of halogens is 1. The highest BCUT2D eigenvalue weighted by Crippen LogP contribution is 2.19. The lowest BCUT2D eigenvalue weighted by molar-refractivity contribution is -0.117. The van der Waals surface area contributed by atoms with Gasteiger partial charge in [-0.2, -0.15) is 0 Å². The van der Waals surface area contributed by atoms with Gasteiger partial charge in [-0.1, -0.05) is 15.9 Å². The number of hydrogen-bond acceptors (Lipinski definition) is 3. The van der Waals surface area contributed by atoms with Gasteiger partial charge in [-0.15, -0.1) is 0 Å². The fourth-order valence-electron chi connectivity index (χ4n) is 2.32. The van der Waals surface area contributed by atoms with Gasteiger partial charge in [0.1, 0.15) is 0 Å². The Morgan fingerprint density at radius 3 is 3.05 bits per heavy atom. The summed E-state index contributed by atoms with van der Waals surface area (Å²) in [4.78, 5) is 14.2. The predicted octanol–water partition coefficient (Wildman–Crippen LogP) is 1.99.